The zero-order valence-corrected chi connectivity index (χ0v) is 13.0. The van der Waals surface area contributed by atoms with Crippen LogP contribution in [0.1, 0.15) is 30.9 Å². The van der Waals surface area contributed by atoms with Gasteiger partial charge in [-0.15, -0.1) is 0 Å². The number of benzene rings is 2. The zero-order chi connectivity index (χ0) is 15.3. The smallest absolute Gasteiger partial charge is 0.115 e. The van der Waals surface area contributed by atoms with Crippen LogP contribution in [0, 0.1) is 5.92 Å². The Bertz CT molecular complexity index is 778. The quantitative estimate of drug-likeness (QED) is 0.767. The molecule has 0 aromatic heterocycles. The fourth-order valence-corrected chi connectivity index (χ4v) is 4.01. The van der Waals surface area contributed by atoms with E-state index in [1.165, 1.54) is 16.7 Å². The number of fused-ring (bicyclic) bond motifs is 3. The van der Waals surface area contributed by atoms with Crippen molar-refractivity contribution in [3.63, 3.8) is 0 Å². The fourth-order valence-electron chi connectivity index (χ4n) is 4.01. The Morgan fingerprint density at radius 1 is 0.864 bits per heavy atom. The predicted octanol–water partition coefficient (Wildman–Crippen LogP) is 5.18. The molecule has 2 atom stereocenters. The Morgan fingerprint density at radius 2 is 1.55 bits per heavy atom. The first-order valence-electron chi connectivity index (χ1n) is 7.86. The van der Waals surface area contributed by atoms with Gasteiger partial charge in [-0.25, -0.2) is 0 Å². The third kappa shape index (κ3) is 1.85. The van der Waals surface area contributed by atoms with E-state index in [4.69, 9.17) is 0 Å². The molecule has 2 aliphatic carbocycles. The van der Waals surface area contributed by atoms with Crippen molar-refractivity contribution in [1.29, 1.82) is 0 Å². The van der Waals surface area contributed by atoms with Gasteiger partial charge in [0.15, 0.2) is 0 Å². The van der Waals surface area contributed by atoms with Crippen LogP contribution in [0.4, 0.5) is 0 Å². The van der Waals surface area contributed by atoms with Crippen molar-refractivity contribution in [2.45, 2.75) is 25.2 Å². The molecule has 2 aromatic carbocycles. The molecule has 2 aliphatic rings. The molecule has 1 nitrogen and oxygen atoms in total. The van der Waals surface area contributed by atoms with Gasteiger partial charge in [-0.05, 0) is 45.7 Å². The van der Waals surface area contributed by atoms with Gasteiger partial charge in [-0.2, -0.15) is 0 Å². The minimum absolute atomic E-state index is 0.147. The summed E-state index contributed by atoms with van der Waals surface area (Å²) in [4.78, 5) is 0. The number of phenols is 1. The lowest BCUT2D eigenvalue weighted by Gasteiger charge is -2.29. The molecule has 1 N–H and O–H groups in total. The average Bonchev–Trinajstić information content (AvgIpc) is 2.77. The van der Waals surface area contributed by atoms with Crippen LogP contribution in [0.3, 0.4) is 0 Å². The Labute approximate surface area is 131 Å². The molecule has 2 unspecified atom stereocenters. The summed E-state index contributed by atoms with van der Waals surface area (Å²) < 4.78 is 0. The zero-order valence-electron chi connectivity index (χ0n) is 13.0. The summed E-state index contributed by atoms with van der Waals surface area (Å²) in [7, 11) is 0. The lowest BCUT2D eigenvalue weighted by atomic mass is 9.74. The van der Waals surface area contributed by atoms with Crippen LogP contribution in [-0.4, -0.2) is 5.11 Å². The van der Waals surface area contributed by atoms with Gasteiger partial charge in [-0.3, -0.25) is 0 Å². The standard InChI is InChI=1S/C21H20O/c1-21(2)19-6-4-3-5-17(19)18-12-9-15(13-20(18)21)14-7-10-16(22)11-8-14/h3-13,17,19,22H,1-2H3. The number of hydrogen-bond donors (Lipinski definition) is 1. The fraction of sp³-hybridized carbons (Fsp3) is 0.238. The minimum Gasteiger partial charge on any atom is -0.508 e. The molecule has 110 valence electrons. The lowest BCUT2D eigenvalue weighted by molar-refractivity contribution is 0.394. The second kappa shape index (κ2) is 4.61. The van der Waals surface area contributed by atoms with Crippen LogP contribution < -0.4 is 0 Å². The SMILES string of the molecule is CC1(C)c2cc(-c3ccc(O)cc3)ccc2C2C=CC=CC21. The van der Waals surface area contributed by atoms with E-state index in [0.29, 0.717) is 17.6 Å². The van der Waals surface area contributed by atoms with Crippen molar-refractivity contribution >= 4 is 0 Å². The predicted molar refractivity (Wildman–Crippen MR) is 91.1 cm³/mol. The molecular weight excluding hydrogens is 268 g/mol. The van der Waals surface area contributed by atoms with Gasteiger partial charge in [0.2, 0.25) is 0 Å². The summed E-state index contributed by atoms with van der Waals surface area (Å²) in [6.45, 7) is 4.70. The highest BCUT2D eigenvalue weighted by molar-refractivity contribution is 5.67. The van der Waals surface area contributed by atoms with Crippen molar-refractivity contribution < 1.29 is 5.11 Å². The molecule has 2 aromatic rings. The Kier molecular flexibility index (Phi) is 2.80. The van der Waals surface area contributed by atoms with Crippen LogP contribution >= 0.6 is 0 Å². The van der Waals surface area contributed by atoms with E-state index in [0.717, 1.165) is 5.56 Å². The van der Waals surface area contributed by atoms with Crippen LogP contribution in [0.15, 0.2) is 66.8 Å². The molecule has 0 heterocycles. The molecule has 1 heteroatoms. The first-order chi connectivity index (χ1) is 10.6. The van der Waals surface area contributed by atoms with E-state index >= 15 is 0 Å². The summed E-state index contributed by atoms with van der Waals surface area (Å²) in [5.74, 6) is 1.36. The Morgan fingerprint density at radius 3 is 2.32 bits per heavy atom. The molecular formula is C21H20O. The molecule has 22 heavy (non-hydrogen) atoms. The monoisotopic (exact) mass is 288 g/mol. The number of rotatable bonds is 1. The largest absolute Gasteiger partial charge is 0.508 e. The normalized spacial score (nSPS) is 24.1. The van der Waals surface area contributed by atoms with E-state index in [-0.39, 0.29) is 5.41 Å². The number of allylic oxidation sites excluding steroid dienone is 4. The van der Waals surface area contributed by atoms with Crippen LogP contribution in [0.2, 0.25) is 0 Å². The van der Waals surface area contributed by atoms with Crippen molar-refractivity contribution in [2.75, 3.05) is 0 Å². The highest BCUT2D eigenvalue weighted by Crippen LogP contribution is 2.53. The maximum absolute atomic E-state index is 9.47. The second-order valence-corrected chi connectivity index (χ2v) is 6.89. The average molecular weight is 288 g/mol. The Hall–Kier alpha value is -2.28. The Balaban J connectivity index is 1.84. The summed E-state index contributed by atoms with van der Waals surface area (Å²) in [5.41, 5.74) is 5.42. The van der Waals surface area contributed by atoms with Gasteiger partial charge < -0.3 is 5.11 Å². The lowest BCUT2D eigenvalue weighted by Crippen LogP contribution is -2.24. The summed E-state index contributed by atoms with van der Waals surface area (Å²) in [6, 6.07) is 14.3. The molecule has 0 amide bonds. The highest BCUT2D eigenvalue weighted by Gasteiger charge is 2.44. The highest BCUT2D eigenvalue weighted by atomic mass is 16.3. The van der Waals surface area contributed by atoms with Gasteiger partial charge in [-0.1, -0.05) is 68.5 Å². The number of aromatic hydroxyl groups is 1. The topological polar surface area (TPSA) is 20.2 Å². The van der Waals surface area contributed by atoms with E-state index in [9.17, 15) is 5.11 Å². The van der Waals surface area contributed by atoms with Gasteiger partial charge in [0.1, 0.15) is 5.75 Å². The van der Waals surface area contributed by atoms with Gasteiger partial charge in [0.05, 0.1) is 0 Å². The third-order valence-electron chi connectivity index (χ3n) is 5.28. The van der Waals surface area contributed by atoms with Crippen LogP contribution in [-0.2, 0) is 5.41 Å². The number of phenolic OH excluding ortho intramolecular Hbond substituents is 1. The number of hydrogen-bond acceptors (Lipinski definition) is 1. The van der Waals surface area contributed by atoms with Gasteiger partial charge in [0, 0.05) is 5.92 Å². The van der Waals surface area contributed by atoms with E-state index < -0.39 is 0 Å². The van der Waals surface area contributed by atoms with Crippen molar-refractivity contribution in [1.82, 2.24) is 0 Å². The van der Waals surface area contributed by atoms with E-state index in [2.05, 4.69) is 56.4 Å². The van der Waals surface area contributed by atoms with Crippen molar-refractivity contribution in [3.8, 4) is 16.9 Å². The molecule has 0 saturated carbocycles. The summed E-state index contributed by atoms with van der Waals surface area (Å²) >= 11 is 0. The third-order valence-corrected chi connectivity index (χ3v) is 5.28. The summed E-state index contributed by atoms with van der Waals surface area (Å²) in [6.07, 6.45) is 9.03. The van der Waals surface area contributed by atoms with E-state index in [1.54, 1.807) is 12.1 Å². The van der Waals surface area contributed by atoms with Crippen molar-refractivity contribution in [2.24, 2.45) is 5.92 Å². The molecule has 4 rings (SSSR count). The first kappa shape index (κ1) is 13.4. The molecule has 0 spiro atoms. The van der Waals surface area contributed by atoms with Crippen LogP contribution in [0.5, 0.6) is 5.75 Å². The van der Waals surface area contributed by atoms with Gasteiger partial charge >= 0.3 is 0 Å². The van der Waals surface area contributed by atoms with Crippen LogP contribution in [0.25, 0.3) is 11.1 Å². The molecule has 0 radical (unpaired) electrons. The molecule has 0 saturated heterocycles. The van der Waals surface area contributed by atoms with Gasteiger partial charge in [0.25, 0.3) is 0 Å². The molecule has 0 aliphatic heterocycles. The maximum atomic E-state index is 9.47. The summed E-state index contributed by atoms with van der Waals surface area (Å²) in [5, 5.41) is 9.47. The molecule has 0 fully saturated rings. The first-order valence-corrected chi connectivity index (χ1v) is 7.86. The minimum atomic E-state index is 0.147. The maximum Gasteiger partial charge on any atom is 0.115 e. The second-order valence-electron chi connectivity index (χ2n) is 6.89. The van der Waals surface area contributed by atoms with Crippen molar-refractivity contribution in [3.05, 3.63) is 77.9 Å². The van der Waals surface area contributed by atoms with E-state index in [1.807, 2.05) is 12.1 Å². The molecule has 0 bridgehead atoms.